The van der Waals surface area contributed by atoms with Gasteiger partial charge < -0.3 is 10.1 Å². The second-order valence-corrected chi connectivity index (χ2v) is 5.00. The van der Waals surface area contributed by atoms with Crippen molar-refractivity contribution >= 4 is 5.97 Å². The maximum atomic E-state index is 12.0. The SMILES string of the molecule is C=CC(NC1CCNCC1)C(=O)OCc1ccccc1. The van der Waals surface area contributed by atoms with Crippen molar-refractivity contribution in [2.45, 2.75) is 31.5 Å². The molecular formula is C16H22N2O2. The van der Waals surface area contributed by atoms with Gasteiger partial charge in [0.05, 0.1) is 0 Å². The van der Waals surface area contributed by atoms with E-state index in [4.69, 9.17) is 4.74 Å². The standard InChI is InChI=1S/C16H22N2O2/c1-2-15(18-14-8-10-17-11-9-14)16(19)20-12-13-6-4-3-5-7-13/h2-7,14-15,17-18H,1,8-12H2. The van der Waals surface area contributed by atoms with Crippen LogP contribution in [0.3, 0.4) is 0 Å². The summed E-state index contributed by atoms with van der Waals surface area (Å²) >= 11 is 0. The Bertz CT molecular complexity index is 427. The first kappa shape index (κ1) is 14.8. The van der Waals surface area contributed by atoms with Crippen LogP contribution in [0.5, 0.6) is 0 Å². The summed E-state index contributed by atoms with van der Waals surface area (Å²) in [5.74, 6) is -0.262. The third kappa shape index (κ3) is 4.47. The molecule has 0 amide bonds. The number of carbonyl (C=O) groups is 1. The zero-order chi connectivity index (χ0) is 14.2. The molecule has 2 N–H and O–H groups in total. The fourth-order valence-electron chi connectivity index (χ4n) is 2.29. The predicted molar refractivity (Wildman–Crippen MR) is 79.3 cm³/mol. The Kier molecular flexibility index (Phi) is 5.77. The van der Waals surface area contributed by atoms with Crippen molar-refractivity contribution in [3.63, 3.8) is 0 Å². The maximum absolute atomic E-state index is 12.0. The van der Waals surface area contributed by atoms with Gasteiger partial charge in [-0.2, -0.15) is 0 Å². The third-order valence-electron chi connectivity index (χ3n) is 3.47. The highest BCUT2D eigenvalue weighted by Crippen LogP contribution is 2.06. The highest BCUT2D eigenvalue weighted by atomic mass is 16.5. The highest BCUT2D eigenvalue weighted by molar-refractivity contribution is 5.78. The van der Waals surface area contributed by atoms with Gasteiger partial charge in [-0.25, -0.2) is 4.79 Å². The van der Waals surface area contributed by atoms with E-state index in [1.54, 1.807) is 6.08 Å². The fourth-order valence-corrected chi connectivity index (χ4v) is 2.29. The molecule has 20 heavy (non-hydrogen) atoms. The van der Waals surface area contributed by atoms with Gasteiger partial charge in [0.25, 0.3) is 0 Å². The molecule has 1 aliphatic rings. The van der Waals surface area contributed by atoms with Crippen LogP contribution in [-0.4, -0.2) is 31.1 Å². The summed E-state index contributed by atoms with van der Waals surface area (Å²) in [5, 5.41) is 6.61. The van der Waals surface area contributed by atoms with E-state index in [2.05, 4.69) is 17.2 Å². The Hall–Kier alpha value is -1.65. The number of esters is 1. The average molecular weight is 274 g/mol. The van der Waals surface area contributed by atoms with Crippen LogP contribution in [-0.2, 0) is 16.1 Å². The molecule has 2 rings (SSSR count). The van der Waals surface area contributed by atoms with Crippen LogP contribution in [0, 0.1) is 0 Å². The molecule has 0 bridgehead atoms. The molecule has 0 saturated carbocycles. The minimum absolute atomic E-state index is 0.262. The molecule has 4 nitrogen and oxygen atoms in total. The number of nitrogens with one attached hydrogen (secondary N) is 2. The maximum Gasteiger partial charge on any atom is 0.327 e. The van der Waals surface area contributed by atoms with E-state index in [1.807, 2.05) is 30.3 Å². The Morgan fingerprint density at radius 1 is 1.40 bits per heavy atom. The van der Waals surface area contributed by atoms with E-state index >= 15 is 0 Å². The quantitative estimate of drug-likeness (QED) is 0.611. The summed E-state index contributed by atoms with van der Waals surface area (Å²) in [6, 6.07) is 9.61. The van der Waals surface area contributed by atoms with Crippen molar-refractivity contribution < 1.29 is 9.53 Å². The first-order chi connectivity index (χ1) is 9.79. The lowest BCUT2D eigenvalue weighted by atomic mass is 10.1. The summed E-state index contributed by atoms with van der Waals surface area (Å²) in [6.07, 6.45) is 3.67. The fraction of sp³-hybridized carbons (Fsp3) is 0.438. The lowest BCUT2D eigenvalue weighted by Crippen LogP contribution is -2.47. The Balaban J connectivity index is 1.80. The molecule has 0 radical (unpaired) electrons. The molecule has 1 aliphatic heterocycles. The Morgan fingerprint density at radius 3 is 2.75 bits per heavy atom. The lowest BCUT2D eigenvalue weighted by molar-refractivity contribution is -0.146. The van der Waals surface area contributed by atoms with Crippen LogP contribution in [0.1, 0.15) is 18.4 Å². The summed E-state index contributed by atoms with van der Waals surface area (Å²) in [4.78, 5) is 12.0. The van der Waals surface area contributed by atoms with Crippen molar-refractivity contribution in [1.29, 1.82) is 0 Å². The smallest absolute Gasteiger partial charge is 0.327 e. The predicted octanol–water partition coefficient (Wildman–Crippen LogP) is 1.63. The number of piperidine rings is 1. The van der Waals surface area contributed by atoms with Crippen LogP contribution in [0.15, 0.2) is 43.0 Å². The number of rotatable bonds is 6. The number of hydrogen-bond donors (Lipinski definition) is 2. The third-order valence-corrected chi connectivity index (χ3v) is 3.47. The minimum atomic E-state index is -0.429. The van der Waals surface area contributed by atoms with Crippen molar-refractivity contribution in [2.75, 3.05) is 13.1 Å². The largest absolute Gasteiger partial charge is 0.459 e. The lowest BCUT2D eigenvalue weighted by Gasteiger charge is -2.26. The molecule has 1 aromatic rings. The van der Waals surface area contributed by atoms with E-state index < -0.39 is 6.04 Å². The van der Waals surface area contributed by atoms with E-state index in [9.17, 15) is 4.79 Å². The molecule has 4 heteroatoms. The van der Waals surface area contributed by atoms with Crippen LogP contribution in [0.4, 0.5) is 0 Å². The van der Waals surface area contributed by atoms with Gasteiger partial charge in [0.2, 0.25) is 0 Å². The van der Waals surface area contributed by atoms with Gasteiger partial charge >= 0.3 is 5.97 Å². The second kappa shape index (κ2) is 7.82. The average Bonchev–Trinajstić information content (AvgIpc) is 2.52. The molecule has 1 atom stereocenters. The molecule has 0 spiro atoms. The molecule has 0 aliphatic carbocycles. The first-order valence-electron chi connectivity index (χ1n) is 7.09. The first-order valence-corrected chi connectivity index (χ1v) is 7.09. The van der Waals surface area contributed by atoms with Gasteiger partial charge in [-0.15, -0.1) is 6.58 Å². The molecule has 0 aromatic heterocycles. The van der Waals surface area contributed by atoms with Gasteiger partial charge in [0, 0.05) is 6.04 Å². The van der Waals surface area contributed by atoms with E-state index in [0.29, 0.717) is 12.6 Å². The van der Waals surface area contributed by atoms with Crippen molar-refractivity contribution in [1.82, 2.24) is 10.6 Å². The summed E-state index contributed by atoms with van der Waals surface area (Å²) < 4.78 is 5.33. The monoisotopic (exact) mass is 274 g/mol. The summed E-state index contributed by atoms with van der Waals surface area (Å²) in [6.45, 7) is 6.00. The van der Waals surface area contributed by atoms with Crippen molar-refractivity contribution in [3.8, 4) is 0 Å². The van der Waals surface area contributed by atoms with E-state index in [1.165, 1.54) is 0 Å². The minimum Gasteiger partial charge on any atom is -0.459 e. The molecule has 1 aromatic carbocycles. The van der Waals surface area contributed by atoms with Gasteiger partial charge in [0.1, 0.15) is 12.6 Å². The van der Waals surface area contributed by atoms with Crippen molar-refractivity contribution in [3.05, 3.63) is 48.6 Å². The van der Waals surface area contributed by atoms with Gasteiger partial charge in [-0.05, 0) is 31.5 Å². The van der Waals surface area contributed by atoms with E-state index in [0.717, 1.165) is 31.5 Å². The zero-order valence-electron chi connectivity index (χ0n) is 11.7. The summed E-state index contributed by atoms with van der Waals surface area (Å²) in [5.41, 5.74) is 0.991. The molecule has 1 fully saturated rings. The Labute approximate surface area is 120 Å². The van der Waals surface area contributed by atoms with Crippen LogP contribution >= 0.6 is 0 Å². The normalized spacial score (nSPS) is 17.4. The number of hydrogen-bond acceptors (Lipinski definition) is 4. The number of ether oxygens (including phenoxy) is 1. The molecule has 1 unspecified atom stereocenters. The number of benzene rings is 1. The van der Waals surface area contributed by atoms with Gasteiger partial charge in [-0.3, -0.25) is 5.32 Å². The zero-order valence-corrected chi connectivity index (χ0v) is 11.7. The molecule has 1 heterocycles. The van der Waals surface area contributed by atoms with E-state index in [-0.39, 0.29) is 5.97 Å². The highest BCUT2D eigenvalue weighted by Gasteiger charge is 2.21. The molecule has 1 saturated heterocycles. The van der Waals surface area contributed by atoms with Crippen molar-refractivity contribution in [2.24, 2.45) is 0 Å². The Morgan fingerprint density at radius 2 is 2.10 bits per heavy atom. The summed E-state index contributed by atoms with van der Waals surface area (Å²) in [7, 11) is 0. The second-order valence-electron chi connectivity index (χ2n) is 5.00. The molecule has 108 valence electrons. The van der Waals surface area contributed by atoms with Gasteiger partial charge in [-0.1, -0.05) is 36.4 Å². The number of carbonyl (C=O) groups excluding carboxylic acids is 1. The van der Waals surface area contributed by atoms with Crippen LogP contribution < -0.4 is 10.6 Å². The topological polar surface area (TPSA) is 50.4 Å². The molecular weight excluding hydrogens is 252 g/mol. The van der Waals surface area contributed by atoms with Crippen LogP contribution in [0.25, 0.3) is 0 Å². The van der Waals surface area contributed by atoms with Gasteiger partial charge in [0.15, 0.2) is 0 Å². The van der Waals surface area contributed by atoms with Crippen LogP contribution in [0.2, 0.25) is 0 Å².